The number of nitrogens with zero attached hydrogens (tertiary/aromatic N) is 4. The lowest BCUT2D eigenvalue weighted by atomic mass is 9.96. The summed E-state index contributed by atoms with van der Waals surface area (Å²) < 4.78 is 0. The van der Waals surface area contributed by atoms with Gasteiger partial charge in [-0.15, -0.1) is 0 Å². The summed E-state index contributed by atoms with van der Waals surface area (Å²) in [5.74, 6) is 0.160. The first-order chi connectivity index (χ1) is 21.6. The first-order valence-corrected chi connectivity index (χ1v) is 15.3. The third kappa shape index (κ3) is 8.09. The van der Waals surface area contributed by atoms with Gasteiger partial charge in [-0.25, -0.2) is 4.99 Å². The van der Waals surface area contributed by atoms with Crippen molar-refractivity contribution in [3.8, 4) is 0 Å². The van der Waals surface area contributed by atoms with Gasteiger partial charge in [0.15, 0.2) is 5.84 Å². The van der Waals surface area contributed by atoms with E-state index in [4.69, 9.17) is 10.7 Å². The van der Waals surface area contributed by atoms with Crippen LogP contribution in [0, 0.1) is 17.0 Å². The van der Waals surface area contributed by atoms with Crippen LogP contribution in [-0.4, -0.2) is 28.9 Å². The maximum absolute atomic E-state index is 14.2. The Kier molecular flexibility index (Phi) is 12.3. The van der Waals surface area contributed by atoms with Crippen molar-refractivity contribution in [3.63, 3.8) is 0 Å². The molecule has 3 rings (SSSR count). The molecule has 3 aromatic rings. The van der Waals surface area contributed by atoms with Crippen LogP contribution in [0.15, 0.2) is 112 Å². The molecule has 0 heterocycles. The second kappa shape index (κ2) is 16.1. The van der Waals surface area contributed by atoms with Crippen molar-refractivity contribution in [1.29, 1.82) is 0 Å². The molecule has 0 aliphatic rings. The van der Waals surface area contributed by atoms with Crippen molar-refractivity contribution in [2.45, 2.75) is 66.8 Å². The lowest BCUT2D eigenvalue weighted by Gasteiger charge is -2.29. The molecule has 0 bridgehead atoms. The van der Waals surface area contributed by atoms with E-state index in [-0.39, 0.29) is 11.6 Å². The van der Waals surface area contributed by atoms with Crippen LogP contribution in [0.3, 0.4) is 0 Å². The number of nitro groups is 1. The van der Waals surface area contributed by atoms with Gasteiger partial charge in [-0.05, 0) is 69.4 Å². The number of nitrogens with two attached hydrogens (primary N) is 1. The number of carbonyl (C=O) groups is 1. The summed E-state index contributed by atoms with van der Waals surface area (Å²) in [6.07, 6.45) is 5.36. The predicted molar refractivity (Wildman–Crippen MR) is 187 cm³/mol. The van der Waals surface area contributed by atoms with Crippen LogP contribution in [0.25, 0.3) is 5.70 Å². The van der Waals surface area contributed by atoms with E-state index in [9.17, 15) is 14.9 Å². The minimum Gasteiger partial charge on any atom is -0.398 e. The monoisotopic (exact) mass is 605 g/mol. The Hall–Kier alpha value is -5.11. The smallest absolute Gasteiger partial charge is 0.273 e. The van der Waals surface area contributed by atoms with Gasteiger partial charge >= 0.3 is 0 Å². The van der Waals surface area contributed by atoms with E-state index in [0.29, 0.717) is 70.0 Å². The number of para-hydroxylation sites is 1. The number of anilines is 1. The zero-order valence-electron chi connectivity index (χ0n) is 27.1. The number of nitro benzene ring substituents is 1. The average molecular weight is 606 g/mol. The van der Waals surface area contributed by atoms with Crippen molar-refractivity contribution in [3.05, 3.63) is 135 Å². The molecule has 0 aromatic heterocycles. The number of aryl methyl sites for hydroxylation is 2. The second-order valence-corrected chi connectivity index (χ2v) is 10.5. The molecule has 1 unspecified atom stereocenters. The van der Waals surface area contributed by atoms with Crippen molar-refractivity contribution < 1.29 is 9.72 Å². The highest BCUT2D eigenvalue weighted by molar-refractivity contribution is 6.12. The fraction of sp³-hybridized carbons (Fsp3) is 0.270. The first kappa shape index (κ1) is 34.4. The van der Waals surface area contributed by atoms with E-state index in [1.165, 1.54) is 6.07 Å². The van der Waals surface area contributed by atoms with E-state index >= 15 is 0 Å². The topological polar surface area (TPSA) is 114 Å². The summed E-state index contributed by atoms with van der Waals surface area (Å²) in [5, 5.41) is 11.8. The molecule has 2 N–H and O–H groups in total. The molecule has 45 heavy (non-hydrogen) atoms. The number of allylic oxidation sites excluding steroid dienone is 1. The minimum atomic E-state index is -0.541. The van der Waals surface area contributed by atoms with Crippen LogP contribution in [0.2, 0.25) is 0 Å². The fourth-order valence-electron chi connectivity index (χ4n) is 5.08. The molecule has 0 saturated carbocycles. The lowest BCUT2D eigenvalue weighted by molar-refractivity contribution is -0.385. The van der Waals surface area contributed by atoms with Crippen molar-refractivity contribution >= 4 is 35.0 Å². The number of hydrogen-bond donors (Lipinski definition) is 1. The standard InChI is InChI=1S/C37H43N5O3/c1-8-17-32(41(30-19-13-12-14-20-30)37(43)31-21-16-15-18-26(31)6)27(7)40-36(39-11-4)34(25(5)9-2)35(38)29-23-22-28(10-3)33(24-29)42(44)45/h11-24,27H,5,8-10,38H2,1-4,6-7H3/b32-17+,35-34?,39-11?,40-36?. The largest absolute Gasteiger partial charge is 0.398 e. The number of aliphatic imine (C=N–C) groups is 2. The number of amidine groups is 1. The van der Waals surface area contributed by atoms with Crippen LogP contribution >= 0.6 is 0 Å². The van der Waals surface area contributed by atoms with Gasteiger partial charge in [0.1, 0.15) is 0 Å². The van der Waals surface area contributed by atoms with Crippen LogP contribution in [0.5, 0.6) is 0 Å². The molecule has 8 heteroatoms. The summed E-state index contributed by atoms with van der Waals surface area (Å²) in [6.45, 7) is 15.7. The molecule has 0 saturated heterocycles. The molecule has 8 nitrogen and oxygen atoms in total. The van der Waals surface area contributed by atoms with Crippen LogP contribution in [0.4, 0.5) is 11.4 Å². The zero-order chi connectivity index (χ0) is 33.1. The first-order valence-electron chi connectivity index (χ1n) is 15.3. The summed E-state index contributed by atoms with van der Waals surface area (Å²) in [4.78, 5) is 37.1. The van der Waals surface area contributed by atoms with E-state index in [0.717, 1.165) is 5.56 Å². The van der Waals surface area contributed by atoms with E-state index < -0.39 is 11.0 Å². The molecular weight excluding hydrogens is 562 g/mol. The summed E-state index contributed by atoms with van der Waals surface area (Å²) >= 11 is 0. The highest BCUT2D eigenvalue weighted by Gasteiger charge is 2.27. The number of carbonyl (C=O) groups excluding carboxylic acids is 1. The molecule has 1 atom stereocenters. The Morgan fingerprint density at radius 2 is 1.73 bits per heavy atom. The molecule has 0 fully saturated rings. The second-order valence-electron chi connectivity index (χ2n) is 10.5. The summed E-state index contributed by atoms with van der Waals surface area (Å²) in [6, 6.07) is 21.5. The molecule has 0 spiro atoms. The summed E-state index contributed by atoms with van der Waals surface area (Å²) in [7, 11) is 0. The normalized spacial score (nSPS) is 13.4. The molecule has 0 radical (unpaired) electrons. The van der Waals surface area contributed by atoms with Crippen LogP contribution in [0.1, 0.15) is 74.5 Å². The fourth-order valence-corrected chi connectivity index (χ4v) is 5.08. The Labute approximate surface area is 266 Å². The van der Waals surface area contributed by atoms with E-state index in [2.05, 4.69) is 11.6 Å². The van der Waals surface area contributed by atoms with Crippen molar-refractivity contribution in [1.82, 2.24) is 0 Å². The molecular formula is C37H43N5O3. The third-order valence-electron chi connectivity index (χ3n) is 7.51. The minimum absolute atomic E-state index is 0.00615. The highest BCUT2D eigenvalue weighted by atomic mass is 16.6. The third-order valence-corrected chi connectivity index (χ3v) is 7.51. The van der Waals surface area contributed by atoms with E-state index in [1.807, 2.05) is 95.3 Å². The quantitative estimate of drug-likeness (QED) is 0.0732. The number of rotatable bonds is 12. The van der Waals surface area contributed by atoms with E-state index in [1.54, 1.807) is 30.2 Å². The Bertz CT molecular complexity index is 1670. The van der Waals surface area contributed by atoms with Crippen LogP contribution < -0.4 is 10.6 Å². The zero-order valence-corrected chi connectivity index (χ0v) is 27.1. The molecule has 234 valence electrons. The van der Waals surface area contributed by atoms with Gasteiger partial charge in [-0.2, -0.15) is 0 Å². The molecule has 0 aliphatic heterocycles. The summed E-state index contributed by atoms with van der Waals surface area (Å²) in [5.41, 5.74) is 12.2. The van der Waals surface area contributed by atoms with Crippen LogP contribution in [-0.2, 0) is 6.42 Å². The van der Waals surface area contributed by atoms with Gasteiger partial charge in [0.05, 0.1) is 16.7 Å². The average Bonchev–Trinajstić information content (AvgIpc) is 3.04. The molecule has 3 aromatic carbocycles. The Morgan fingerprint density at radius 3 is 2.31 bits per heavy atom. The molecule has 1 amide bonds. The van der Waals surface area contributed by atoms with Crippen molar-refractivity contribution in [2.75, 3.05) is 4.90 Å². The predicted octanol–water partition coefficient (Wildman–Crippen LogP) is 8.62. The maximum atomic E-state index is 14.2. The van der Waals surface area contributed by atoms with Gasteiger partial charge in [0.25, 0.3) is 11.6 Å². The van der Waals surface area contributed by atoms with Gasteiger partial charge in [0.2, 0.25) is 0 Å². The number of benzene rings is 3. The van der Waals surface area contributed by atoms with Gasteiger partial charge in [-0.1, -0.05) is 82.0 Å². The Balaban J connectivity index is 2.26. The van der Waals surface area contributed by atoms with Gasteiger partial charge < -0.3 is 5.73 Å². The lowest BCUT2D eigenvalue weighted by Crippen LogP contribution is -2.35. The SMILES string of the molecule is C=C(CC)C(C(N=CC)=NC(C)/C(=C\CC)N(C(=O)c1ccccc1C)c1ccccc1)=C(N)c1ccc(CC)c([N+](=O)[O-])c1. The Morgan fingerprint density at radius 1 is 1.07 bits per heavy atom. The molecule has 0 aliphatic carbocycles. The highest BCUT2D eigenvalue weighted by Crippen LogP contribution is 2.30. The van der Waals surface area contributed by atoms with Gasteiger partial charge in [0, 0.05) is 45.9 Å². The van der Waals surface area contributed by atoms with Crippen molar-refractivity contribution in [2.24, 2.45) is 15.7 Å². The number of hydrogen-bond acceptors (Lipinski definition) is 5. The number of amides is 1. The maximum Gasteiger partial charge on any atom is 0.273 e. The van der Waals surface area contributed by atoms with Gasteiger partial charge in [-0.3, -0.25) is 24.8 Å².